The Kier molecular flexibility index (Phi) is 3.77. The molecule has 2 amide bonds. The number of fused-ring (bicyclic) bond motifs is 1. The van der Waals surface area contributed by atoms with Crippen LogP contribution in [0.5, 0.6) is 11.5 Å². The molecule has 0 fully saturated rings. The third-order valence-corrected chi connectivity index (χ3v) is 2.79. The molecule has 102 valence electrons. The summed E-state index contributed by atoms with van der Waals surface area (Å²) in [7, 11) is 0. The summed E-state index contributed by atoms with van der Waals surface area (Å²) in [5.41, 5.74) is 10.8. The predicted molar refractivity (Wildman–Crippen MR) is 68.0 cm³/mol. The van der Waals surface area contributed by atoms with Crippen molar-refractivity contribution in [2.45, 2.75) is 12.5 Å². The Balaban J connectivity index is 2.11. The number of primary amides is 1. The van der Waals surface area contributed by atoms with E-state index in [1.165, 1.54) is 12.1 Å². The molecule has 19 heavy (non-hydrogen) atoms. The first-order chi connectivity index (χ1) is 8.97. The number of halogens is 1. The highest BCUT2D eigenvalue weighted by atomic mass is 35.5. The van der Waals surface area contributed by atoms with Crippen molar-refractivity contribution >= 4 is 29.1 Å². The molecule has 1 aromatic rings. The van der Waals surface area contributed by atoms with Gasteiger partial charge in [0.05, 0.1) is 23.2 Å². The van der Waals surface area contributed by atoms with Gasteiger partial charge in [0.15, 0.2) is 11.5 Å². The van der Waals surface area contributed by atoms with Gasteiger partial charge in [0, 0.05) is 12.1 Å². The smallest absolute Gasteiger partial charge is 0.241 e. The summed E-state index contributed by atoms with van der Waals surface area (Å²) < 4.78 is 10.3. The molecule has 1 heterocycles. The number of ether oxygens (including phenoxy) is 2. The summed E-state index contributed by atoms with van der Waals surface area (Å²) in [5.74, 6) is -0.230. The van der Waals surface area contributed by atoms with Crippen LogP contribution in [0, 0.1) is 0 Å². The monoisotopic (exact) mass is 285 g/mol. The van der Waals surface area contributed by atoms with Gasteiger partial charge in [-0.1, -0.05) is 11.6 Å². The first-order valence-corrected chi connectivity index (χ1v) is 5.79. The minimum absolute atomic E-state index is 0.101. The summed E-state index contributed by atoms with van der Waals surface area (Å²) in [6.07, 6.45) is -0.242. The number of nitrogens with one attached hydrogen (secondary N) is 1. The van der Waals surface area contributed by atoms with E-state index in [0.29, 0.717) is 17.2 Å². The van der Waals surface area contributed by atoms with E-state index in [1.54, 1.807) is 0 Å². The number of carbonyl (C=O) groups is 2. The predicted octanol–water partition coefficient (Wildman–Crippen LogP) is 0.210. The van der Waals surface area contributed by atoms with Crippen LogP contribution in [0.4, 0.5) is 5.69 Å². The molecule has 0 saturated heterocycles. The molecule has 1 unspecified atom stereocenters. The summed E-state index contributed by atoms with van der Waals surface area (Å²) >= 11 is 5.98. The molecule has 2 rings (SSSR count). The van der Waals surface area contributed by atoms with Crippen molar-refractivity contribution in [2.75, 3.05) is 12.1 Å². The van der Waals surface area contributed by atoms with Crippen molar-refractivity contribution in [2.24, 2.45) is 11.5 Å². The van der Waals surface area contributed by atoms with Crippen LogP contribution < -0.4 is 26.3 Å². The molecule has 1 aliphatic rings. The fraction of sp³-hybridized carbons (Fsp3) is 0.273. The third-order valence-electron chi connectivity index (χ3n) is 2.48. The van der Waals surface area contributed by atoms with E-state index in [4.69, 9.17) is 32.5 Å². The standard InChI is InChI=1S/C11H12ClN3O4/c12-5-1-8-9(19-4-18-8)3-7(5)15-11(17)6(13)2-10(14)16/h1,3,6H,2,4,13H2,(H2,14,16)(H,15,17). The number of nitrogens with two attached hydrogens (primary N) is 2. The lowest BCUT2D eigenvalue weighted by molar-refractivity contribution is -0.123. The zero-order chi connectivity index (χ0) is 14.0. The molecule has 0 aromatic heterocycles. The van der Waals surface area contributed by atoms with Crippen molar-refractivity contribution < 1.29 is 19.1 Å². The van der Waals surface area contributed by atoms with Gasteiger partial charge in [0.1, 0.15) is 0 Å². The lowest BCUT2D eigenvalue weighted by Gasteiger charge is -2.12. The second-order valence-corrected chi connectivity index (χ2v) is 4.36. The van der Waals surface area contributed by atoms with Gasteiger partial charge < -0.3 is 26.3 Å². The van der Waals surface area contributed by atoms with Gasteiger partial charge in [0.25, 0.3) is 0 Å². The maximum Gasteiger partial charge on any atom is 0.241 e. The van der Waals surface area contributed by atoms with Crippen LogP contribution in [0.3, 0.4) is 0 Å². The van der Waals surface area contributed by atoms with Gasteiger partial charge in [-0.2, -0.15) is 0 Å². The molecule has 8 heteroatoms. The first-order valence-electron chi connectivity index (χ1n) is 5.41. The Hall–Kier alpha value is -1.99. The van der Waals surface area contributed by atoms with Crippen LogP contribution in [-0.4, -0.2) is 24.6 Å². The number of hydrogen-bond acceptors (Lipinski definition) is 5. The van der Waals surface area contributed by atoms with Gasteiger partial charge in [-0.15, -0.1) is 0 Å². The number of carbonyl (C=O) groups excluding carboxylic acids is 2. The zero-order valence-corrected chi connectivity index (χ0v) is 10.6. The van der Waals surface area contributed by atoms with E-state index >= 15 is 0 Å². The van der Waals surface area contributed by atoms with E-state index in [9.17, 15) is 9.59 Å². The molecule has 0 saturated carbocycles. The maximum absolute atomic E-state index is 11.7. The van der Waals surface area contributed by atoms with E-state index in [2.05, 4.69) is 5.32 Å². The normalized spacial score (nSPS) is 14.0. The van der Waals surface area contributed by atoms with Crippen molar-refractivity contribution in [3.8, 4) is 11.5 Å². The molecular formula is C11H12ClN3O4. The van der Waals surface area contributed by atoms with E-state index < -0.39 is 17.9 Å². The molecule has 7 nitrogen and oxygen atoms in total. The van der Waals surface area contributed by atoms with Crippen molar-refractivity contribution in [1.29, 1.82) is 0 Å². The van der Waals surface area contributed by atoms with Crippen molar-refractivity contribution in [1.82, 2.24) is 0 Å². The zero-order valence-electron chi connectivity index (χ0n) is 9.81. The van der Waals surface area contributed by atoms with E-state index in [0.717, 1.165) is 0 Å². The van der Waals surface area contributed by atoms with Gasteiger partial charge in [-0.25, -0.2) is 0 Å². The Morgan fingerprint density at radius 2 is 2.00 bits per heavy atom. The maximum atomic E-state index is 11.7. The highest BCUT2D eigenvalue weighted by molar-refractivity contribution is 6.34. The largest absolute Gasteiger partial charge is 0.454 e. The number of anilines is 1. The molecule has 1 atom stereocenters. The Morgan fingerprint density at radius 3 is 2.63 bits per heavy atom. The van der Waals surface area contributed by atoms with Crippen LogP contribution in [0.1, 0.15) is 6.42 Å². The second kappa shape index (κ2) is 5.33. The van der Waals surface area contributed by atoms with Gasteiger partial charge in [-0.05, 0) is 0 Å². The molecule has 1 aliphatic heterocycles. The van der Waals surface area contributed by atoms with E-state index in [-0.39, 0.29) is 18.2 Å². The lowest BCUT2D eigenvalue weighted by Crippen LogP contribution is -2.39. The average molecular weight is 286 g/mol. The van der Waals surface area contributed by atoms with Gasteiger partial charge in [0.2, 0.25) is 18.6 Å². The Bertz CT molecular complexity index is 535. The Morgan fingerprint density at radius 1 is 1.37 bits per heavy atom. The van der Waals surface area contributed by atoms with Crippen molar-refractivity contribution in [3.63, 3.8) is 0 Å². The number of amides is 2. The highest BCUT2D eigenvalue weighted by Crippen LogP contribution is 2.39. The molecule has 0 aliphatic carbocycles. The van der Waals surface area contributed by atoms with Crippen molar-refractivity contribution in [3.05, 3.63) is 17.2 Å². The molecule has 1 aromatic carbocycles. The van der Waals surface area contributed by atoms with E-state index in [1.807, 2.05) is 0 Å². The molecular weight excluding hydrogens is 274 g/mol. The first kappa shape index (κ1) is 13.4. The molecule has 5 N–H and O–H groups in total. The molecule has 0 radical (unpaired) electrons. The minimum Gasteiger partial charge on any atom is -0.454 e. The van der Waals surface area contributed by atoms with Gasteiger partial charge in [-0.3, -0.25) is 9.59 Å². The Labute approximate surface area is 113 Å². The molecule has 0 bridgehead atoms. The molecule has 0 spiro atoms. The summed E-state index contributed by atoms with van der Waals surface area (Å²) in [4.78, 5) is 22.4. The number of hydrogen-bond donors (Lipinski definition) is 3. The van der Waals surface area contributed by atoms with Crippen LogP contribution in [-0.2, 0) is 9.59 Å². The minimum atomic E-state index is -1.03. The number of benzene rings is 1. The lowest BCUT2D eigenvalue weighted by atomic mass is 10.2. The number of rotatable bonds is 4. The topological polar surface area (TPSA) is 117 Å². The highest BCUT2D eigenvalue weighted by Gasteiger charge is 2.20. The van der Waals surface area contributed by atoms with Crippen LogP contribution in [0.2, 0.25) is 5.02 Å². The van der Waals surface area contributed by atoms with Gasteiger partial charge >= 0.3 is 0 Å². The van der Waals surface area contributed by atoms with Crippen LogP contribution in [0.25, 0.3) is 0 Å². The third kappa shape index (κ3) is 3.07. The van der Waals surface area contributed by atoms with Crippen LogP contribution >= 0.6 is 11.6 Å². The summed E-state index contributed by atoms with van der Waals surface area (Å²) in [6, 6.07) is 2.03. The quantitative estimate of drug-likeness (QED) is 0.731. The SMILES string of the molecule is NC(=O)CC(N)C(=O)Nc1cc2c(cc1Cl)OCO2. The van der Waals surface area contributed by atoms with Crippen LogP contribution in [0.15, 0.2) is 12.1 Å². The fourth-order valence-electron chi connectivity index (χ4n) is 1.55. The fourth-order valence-corrected chi connectivity index (χ4v) is 1.75. The summed E-state index contributed by atoms with van der Waals surface area (Å²) in [6.45, 7) is 0.101. The average Bonchev–Trinajstić information content (AvgIpc) is 2.75. The second-order valence-electron chi connectivity index (χ2n) is 3.95. The summed E-state index contributed by atoms with van der Waals surface area (Å²) in [5, 5.41) is 2.79.